The van der Waals surface area contributed by atoms with Gasteiger partial charge in [-0.2, -0.15) is 0 Å². The molecule has 0 aliphatic carbocycles. The molecule has 0 bridgehead atoms. The number of rotatable bonds is 1. The van der Waals surface area contributed by atoms with Gasteiger partial charge in [0.2, 0.25) is 0 Å². The molecule has 0 radical (unpaired) electrons. The third kappa shape index (κ3) is 1.54. The molecule has 0 amide bonds. The Kier molecular flexibility index (Phi) is 1.85. The SMILES string of the molecule is Cc1nccc(C=S)n1. The highest BCUT2D eigenvalue weighted by molar-refractivity contribution is 7.79. The van der Waals surface area contributed by atoms with Crippen molar-refractivity contribution in [3.63, 3.8) is 0 Å². The van der Waals surface area contributed by atoms with Crippen molar-refractivity contribution >= 4 is 17.6 Å². The first-order valence-electron chi connectivity index (χ1n) is 2.58. The second-order valence-corrected chi connectivity index (χ2v) is 1.88. The van der Waals surface area contributed by atoms with Gasteiger partial charge in [-0.25, -0.2) is 9.97 Å². The quantitative estimate of drug-likeness (QED) is 0.544. The average molecular weight is 138 g/mol. The molecule has 46 valence electrons. The Bertz CT molecular complexity index is 222. The Hall–Kier alpha value is -0.830. The van der Waals surface area contributed by atoms with Crippen LogP contribution in [0.1, 0.15) is 11.5 Å². The molecule has 1 aromatic heterocycles. The number of aryl methyl sites for hydroxylation is 1. The van der Waals surface area contributed by atoms with Gasteiger partial charge in [-0.3, -0.25) is 0 Å². The van der Waals surface area contributed by atoms with Gasteiger partial charge in [-0.15, -0.1) is 0 Å². The standard InChI is InChI=1S/C6H6N2S/c1-5-7-3-2-6(4-9)8-5/h2-4H,1H3. The molecule has 1 aromatic rings. The molecule has 0 spiro atoms. The number of thiocarbonyl (C=S) groups is 1. The van der Waals surface area contributed by atoms with Crippen LogP contribution in [-0.4, -0.2) is 15.3 Å². The van der Waals surface area contributed by atoms with E-state index in [4.69, 9.17) is 0 Å². The molecule has 9 heavy (non-hydrogen) atoms. The fraction of sp³-hybridized carbons (Fsp3) is 0.167. The van der Waals surface area contributed by atoms with Crippen LogP contribution in [0.4, 0.5) is 0 Å². The van der Waals surface area contributed by atoms with Crippen molar-refractivity contribution in [2.75, 3.05) is 0 Å². The zero-order valence-electron chi connectivity index (χ0n) is 5.03. The molecular formula is C6H6N2S. The molecule has 2 nitrogen and oxygen atoms in total. The molecule has 0 aliphatic rings. The van der Waals surface area contributed by atoms with E-state index >= 15 is 0 Å². The second-order valence-electron chi connectivity index (χ2n) is 1.65. The Morgan fingerprint density at radius 1 is 1.67 bits per heavy atom. The lowest BCUT2D eigenvalue weighted by atomic mass is 10.4. The normalized spacial score (nSPS) is 9.00. The molecule has 1 heterocycles. The van der Waals surface area contributed by atoms with Crippen molar-refractivity contribution in [1.82, 2.24) is 9.97 Å². The van der Waals surface area contributed by atoms with Crippen LogP contribution in [0.25, 0.3) is 0 Å². The fourth-order valence-corrected chi connectivity index (χ4v) is 0.671. The van der Waals surface area contributed by atoms with E-state index in [1.807, 2.05) is 6.92 Å². The van der Waals surface area contributed by atoms with Crippen LogP contribution in [0.3, 0.4) is 0 Å². The lowest BCUT2D eigenvalue weighted by Crippen LogP contribution is -1.90. The number of aromatic nitrogens is 2. The molecule has 0 N–H and O–H groups in total. The molecule has 1 rings (SSSR count). The highest BCUT2D eigenvalue weighted by Crippen LogP contribution is 1.89. The minimum absolute atomic E-state index is 0.758. The largest absolute Gasteiger partial charge is 0.242 e. The van der Waals surface area contributed by atoms with Gasteiger partial charge in [-0.05, 0) is 13.0 Å². The first kappa shape index (κ1) is 6.29. The third-order valence-electron chi connectivity index (χ3n) is 0.918. The Balaban J connectivity index is 3.07. The van der Waals surface area contributed by atoms with Gasteiger partial charge in [0.05, 0.1) is 5.69 Å². The van der Waals surface area contributed by atoms with E-state index in [-0.39, 0.29) is 0 Å². The van der Waals surface area contributed by atoms with Crippen molar-refractivity contribution in [3.05, 3.63) is 23.8 Å². The number of hydrogen-bond acceptors (Lipinski definition) is 3. The molecule has 0 unspecified atom stereocenters. The van der Waals surface area contributed by atoms with Crippen molar-refractivity contribution in [2.45, 2.75) is 6.92 Å². The van der Waals surface area contributed by atoms with E-state index in [1.54, 1.807) is 12.3 Å². The first-order valence-corrected chi connectivity index (χ1v) is 3.05. The lowest BCUT2D eigenvalue weighted by molar-refractivity contribution is 1.05. The van der Waals surface area contributed by atoms with Crippen LogP contribution >= 0.6 is 12.2 Å². The second kappa shape index (κ2) is 2.64. The molecule has 3 heteroatoms. The highest BCUT2D eigenvalue weighted by Gasteiger charge is 1.86. The van der Waals surface area contributed by atoms with Crippen molar-refractivity contribution in [1.29, 1.82) is 0 Å². The zero-order valence-corrected chi connectivity index (χ0v) is 5.85. The summed E-state index contributed by atoms with van der Waals surface area (Å²) in [6.07, 6.45) is 1.69. The maximum absolute atomic E-state index is 4.66. The van der Waals surface area contributed by atoms with E-state index in [0.717, 1.165) is 11.5 Å². The predicted molar refractivity (Wildman–Crippen MR) is 39.5 cm³/mol. The summed E-state index contributed by atoms with van der Waals surface area (Å²) in [5, 5.41) is 1.54. The van der Waals surface area contributed by atoms with Crippen molar-refractivity contribution < 1.29 is 0 Å². The van der Waals surface area contributed by atoms with Crippen LogP contribution in [0.15, 0.2) is 12.3 Å². The van der Waals surface area contributed by atoms with Gasteiger partial charge in [0.25, 0.3) is 0 Å². The van der Waals surface area contributed by atoms with E-state index in [9.17, 15) is 0 Å². The number of hydrogen-bond donors (Lipinski definition) is 0. The van der Waals surface area contributed by atoms with Crippen LogP contribution in [-0.2, 0) is 0 Å². The lowest BCUT2D eigenvalue weighted by Gasteiger charge is -1.89. The molecule has 0 atom stereocenters. The Morgan fingerprint density at radius 3 is 2.89 bits per heavy atom. The smallest absolute Gasteiger partial charge is 0.125 e. The Morgan fingerprint density at radius 2 is 2.44 bits per heavy atom. The van der Waals surface area contributed by atoms with E-state index < -0.39 is 0 Å². The van der Waals surface area contributed by atoms with E-state index in [1.165, 1.54) is 5.37 Å². The van der Waals surface area contributed by atoms with Gasteiger partial charge < -0.3 is 0 Å². The Labute approximate surface area is 59.0 Å². The van der Waals surface area contributed by atoms with Gasteiger partial charge in [0, 0.05) is 11.6 Å². The van der Waals surface area contributed by atoms with Crippen LogP contribution in [0.5, 0.6) is 0 Å². The van der Waals surface area contributed by atoms with Crippen molar-refractivity contribution in [3.8, 4) is 0 Å². The maximum atomic E-state index is 4.66. The van der Waals surface area contributed by atoms with Gasteiger partial charge in [-0.1, -0.05) is 12.2 Å². The summed E-state index contributed by atoms with van der Waals surface area (Å²) in [7, 11) is 0. The molecule has 0 aromatic carbocycles. The van der Waals surface area contributed by atoms with Crippen LogP contribution in [0, 0.1) is 6.92 Å². The average Bonchev–Trinajstić information content (AvgIpc) is 1.88. The summed E-state index contributed by atoms with van der Waals surface area (Å²) in [5.41, 5.74) is 0.803. The summed E-state index contributed by atoms with van der Waals surface area (Å²) in [4.78, 5) is 7.93. The molecule has 0 saturated heterocycles. The number of nitrogens with zero attached hydrogens (tertiary/aromatic N) is 2. The summed E-state index contributed by atoms with van der Waals surface area (Å²) < 4.78 is 0. The van der Waals surface area contributed by atoms with Gasteiger partial charge >= 0.3 is 0 Å². The first-order chi connectivity index (χ1) is 4.33. The van der Waals surface area contributed by atoms with Gasteiger partial charge in [0.1, 0.15) is 5.82 Å². The zero-order chi connectivity index (χ0) is 6.69. The van der Waals surface area contributed by atoms with Crippen LogP contribution < -0.4 is 0 Å². The predicted octanol–water partition coefficient (Wildman–Crippen LogP) is 1.13. The minimum Gasteiger partial charge on any atom is -0.242 e. The van der Waals surface area contributed by atoms with Crippen LogP contribution in [0.2, 0.25) is 0 Å². The highest BCUT2D eigenvalue weighted by atomic mass is 32.1. The monoisotopic (exact) mass is 138 g/mol. The third-order valence-corrected chi connectivity index (χ3v) is 1.16. The molecule has 0 saturated carbocycles. The van der Waals surface area contributed by atoms with Crippen molar-refractivity contribution in [2.24, 2.45) is 0 Å². The minimum atomic E-state index is 0.758. The molecular weight excluding hydrogens is 132 g/mol. The summed E-state index contributed by atoms with van der Waals surface area (Å²) in [6.45, 7) is 1.84. The topological polar surface area (TPSA) is 25.8 Å². The fourth-order valence-electron chi connectivity index (χ4n) is 0.540. The maximum Gasteiger partial charge on any atom is 0.125 e. The summed E-state index contributed by atoms with van der Waals surface area (Å²) in [5.74, 6) is 0.758. The van der Waals surface area contributed by atoms with E-state index in [2.05, 4.69) is 22.2 Å². The van der Waals surface area contributed by atoms with Gasteiger partial charge in [0.15, 0.2) is 0 Å². The summed E-state index contributed by atoms with van der Waals surface area (Å²) in [6, 6.07) is 1.78. The molecule has 0 fully saturated rings. The van der Waals surface area contributed by atoms with E-state index in [0.29, 0.717) is 0 Å². The summed E-state index contributed by atoms with van der Waals surface area (Å²) >= 11 is 4.66. The molecule has 0 aliphatic heterocycles.